The monoisotopic (exact) mass is 453 g/mol. The van der Waals surface area contributed by atoms with Crippen LogP contribution in [0.25, 0.3) is 22.2 Å². The van der Waals surface area contributed by atoms with E-state index in [-0.39, 0.29) is 17.1 Å². The molecule has 4 rings (SSSR count). The summed E-state index contributed by atoms with van der Waals surface area (Å²) in [5, 5.41) is 3.14. The molecule has 0 saturated carbocycles. The van der Waals surface area contributed by atoms with E-state index < -0.39 is 17.7 Å². The molecule has 4 aromatic rings. The van der Waals surface area contributed by atoms with E-state index in [4.69, 9.17) is 4.74 Å². The molecule has 170 valence electrons. The number of imidazole rings is 1. The highest BCUT2D eigenvalue weighted by Crippen LogP contribution is 2.40. The van der Waals surface area contributed by atoms with Crippen molar-refractivity contribution < 1.29 is 22.7 Å². The van der Waals surface area contributed by atoms with Gasteiger partial charge >= 0.3 is 12.1 Å². The molecule has 0 spiro atoms. The zero-order chi connectivity index (χ0) is 23.8. The summed E-state index contributed by atoms with van der Waals surface area (Å²) in [7, 11) is 1.29. The number of rotatable bonds is 5. The van der Waals surface area contributed by atoms with Gasteiger partial charge in [0.25, 0.3) is 0 Å². The van der Waals surface area contributed by atoms with Crippen LogP contribution in [0.2, 0.25) is 0 Å². The summed E-state index contributed by atoms with van der Waals surface area (Å²) in [5.74, 6) is -0.112. The summed E-state index contributed by atoms with van der Waals surface area (Å²) in [4.78, 5) is 16.3. The highest BCUT2D eigenvalue weighted by atomic mass is 19.4. The summed E-state index contributed by atoms with van der Waals surface area (Å²) in [6.07, 6.45) is -4.54. The molecule has 1 N–H and O–H groups in total. The number of nitrogens with one attached hydrogen (secondary N) is 1. The first-order chi connectivity index (χ1) is 15.7. The number of methoxy groups -OCH3 is 1. The molecular formula is C25H22F3N3O2. The Morgan fingerprint density at radius 2 is 1.76 bits per heavy atom. The van der Waals surface area contributed by atoms with Crippen LogP contribution >= 0.6 is 0 Å². The van der Waals surface area contributed by atoms with Crippen LogP contribution in [-0.2, 0) is 10.9 Å². The number of halogens is 3. The molecule has 0 fully saturated rings. The van der Waals surface area contributed by atoms with Crippen molar-refractivity contribution in [1.82, 2.24) is 9.55 Å². The molecule has 5 nitrogen and oxygen atoms in total. The molecule has 1 heterocycles. The molecule has 0 bridgehead atoms. The third-order valence-corrected chi connectivity index (χ3v) is 5.28. The van der Waals surface area contributed by atoms with Crippen molar-refractivity contribution in [3.8, 4) is 11.1 Å². The van der Waals surface area contributed by atoms with Gasteiger partial charge in [-0.25, -0.2) is 9.78 Å². The number of fused-ring (bicyclic) bond motifs is 1. The standard InChI is InChI=1S/C25H22F3N3O2/c1-15(2)31-22-13-19(16-8-5-4-6-9-16)20(25(26,27)28)14-21(22)30-24(31)29-18-11-7-10-17(12-18)23(32)33-3/h4-15H,1-3H3,(H,29,30). The molecule has 33 heavy (non-hydrogen) atoms. The van der Waals surface area contributed by atoms with Crippen molar-refractivity contribution in [2.75, 3.05) is 12.4 Å². The number of ether oxygens (including phenoxy) is 1. The van der Waals surface area contributed by atoms with Gasteiger partial charge in [0.2, 0.25) is 5.95 Å². The van der Waals surface area contributed by atoms with E-state index in [1.165, 1.54) is 13.2 Å². The van der Waals surface area contributed by atoms with Crippen LogP contribution in [0, 0.1) is 0 Å². The third kappa shape index (κ3) is 4.41. The Labute approximate surface area is 188 Å². The van der Waals surface area contributed by atoms with Gasteiger partial charge in [-0.15, -0.1) is 0 Å². The number of esters is 1. The largest absolute Gasteiger partial charge is 0.465 e. The van der Waals surface area contributed by atoms with Gasteiger partial charge in [0.15, 0.2) is 0 Å². The van der Waals surface area contributed by atoms with Gasteiger partial charge in [-0.1, -0.05) is 36.4 Å². The number of hydrogen-bond donors (Lipinski definition) is 1. The van der Waals surface area contributed by atoms with Crippen LogP contribution in [0.3, 0.4) is 0 Å². The average Bonchev–Trinajstić information content (AvgIpc) is 3.15. The highest BCUT2D eigenvalue weighted by molar-refractivity contribution is 5.91. The minimum Gasteiger partial charge on any atom is -0.465 e. The van der Waals surface area contributed by atoms with Crippen molar-refractivity contribution >= 4 is 28.6 Å². The van der Waals surface area contributed by atoms with Crippen LogP contribution in [0.15, 0.2) is 66.7 Å². The zero-order valence-corrected chi connectivity index (χ0v) is 18.3. The van der Waals surface area contributed by atoms with Gasteiger partial charge in [0.1, 0.15) is 0 Å². The maximum Gasteiger partial charge on any atom is 0.417 e. The van der Waals surface area contributed by atoms with E-state index >= 15 is 0 Å². The minimum absolute atomic E-state index is 0.0941. The van der Waals surface area contributed by atoms with Gasteiger partial charge in [-0.2, -0.15) is 13.2 Å². The summed E-state index contributed by atoms with van der Waals surface area (Å²) >= 11 is 0. The lowest BCUT2D eigenvalue weighted by molar-refractivity contribution is -0.137. The van der Waals surface area contributed by atoms with Crippen LogP contribution in [0.4, 0.5) is 24.8 Å². The highest BCUT2D eigenvalue weighted by Gasteiger charge is 2.35. The van der Waals surface area contributed by atoms with Crippen molar-refractivity contribution in [1.29, 1.82) is 0 Å². The molecule has 1 aromatic heterocycles. The number of nitrogens with zero attached hydrogens (tertiary/aromatic N) is 2. The van der Waals surface area contributed by atoms with Crippen molar-refractivity contribution in [3.63, 3.8) is 0 Å². The molecule has 0 unspecified atom stereocenters. The maximum atomic E-state index is 13.9. The van der Waals surface area contributed by atoms with Crippen LogP contribution in [0.1, 0.15) is 35.8 Å². The SMILES string of the molecule is COC(=O)c1cccc(Nc2nc3cc(C(F)(F)F)c(-c4ccccc4)cc3n2C(C)C)c1. The van der Waals surface area contributed by atoms with E-state index in [0.29, 0.717) is 28.3 Å². The topological polar surface area (TPSA) is 56.1 Å². The fourth-order valence-corrected chi connectivity index (χ4v) is 3.81. The Morgan fingerprint density at radius 1 is 1.03 bits per heavy atom. The smallest absolute Gasteiger partial charge is 0.417 e. The van der Waals surface area contributed by atoms with Gasteiger partial charge < -0.3 is 14.6 Å². The Kier molecular flexibility index (Phi) is 5.84. The zero-order valence-electron chi connectivity index (χ0n) is 18.3. The number of alkyl halides is 3. The quantitative estimate of drug-likeness (QED) is 0.337. The van der Waals surface area contributed by atoms with Crippen LogP contribution in [0.5, 0.6) is 0 Å². The molecule has 0 saturated heterocycles. The first kappa shape index (κ1) is 22.4. The second-order valence-corrected chi connectivity index (χ2v) is 7.85. The van der Waals surface area contributed by atoms with Crippen LogP contribution in [-0.4, -0.2) is 22.6 Å². The second kappa shape index (κ2) is 8.61. The predicted molar refractivity (Wildman–Crippen MR) is 122 cm³/mol. The van der Waals surface area contributed by atoms with Gasteiger partial charge in [-0.05, 0) is 55.3 Å². The average molecular weight is 453 g/mol. The summed E-state index contributed by atoms with van der Waals surface area (Å²) in [5.41, 5.74) is 1.54. The number of carbonyl (C=O) groups is 1. The predicted octanol–water partition coefficient (Wildman–Crippen LogP) is 6.83. The number of anilines is 2. The molecule has 8 heteroatoms. The normalized spacial score (nSPS) is 11.7. The fourth-order valence-electron chi connectivity index (χ4n) is 3.81. The Balaban J connectivity index is 1.89. The molecule has 0 aliphatic carbocycles. The van der Waals surface area contributed by atoms with Crippen molar-refractivity contribution in [2.24, 2.45) is 0 Å². The number of hydrogen-bond acceptors (Lipinski definition) is 4. The van der Waals surface area contributed by atoms with E-state index in [0.717, 1.165) is 6.07 Å². The van der Waals surface area contributed by atoms with E-state index in [9.17, 15) is 18.0 Å². The number of carbonyl (C=O) groups excluding carboxylic acids is 1. The lowest BCUT2D eigenvalue weighted by Gasteiger charge is -2.16. The van der Waals surface area contributed by atoms with E-state index in [1.807, 2.05) is 18.4 Å². The lowest BCUT2D eigenvalue weighted by Crippen LogP contribution is -2.09. The summed E-state index contributed by atoms with van der Waals surface area (Å²) in [6.45, 7) is 3.86. The Morgan fingerprint density at radius 3 is 2.39 bits per heavy atom. The third-order valence-electron chi connectivity index (χ3n) is 5.28. The first-order valence-electron chi connectivity index (χ1n) is 10.3. The molecular weight excluding hydrogens is 431 g/mol. The second-order valence-electron chi connectivity index (χ2n) is 7.85. The fraction of sp³-hybridized carbons (Fsp3) is 0.200. The van der Waals surface area contributed by atoms with Crippen molar-refractivity contribution in [2.45, 2.75) is 26.1 Å². The van der Waals surface area contributed by atoms with Crippen LogP contribution < -0.4 is 5.32 Å². The number of benzene rings is 3. The first-order valence-corrected chi connectivity index (χ1v) is 10.3. The molecule has 0 radical (unpaired) electrons. The van der Waals surface area contributed by atoms with E-state index in [2.05, 4.69) is 10.3 Å². The van der Waals surface area contributed by atoms with Gasteiger partial charge in [0.05, 0.1) is 29.3 Å². The van der Waals surface area contributed by atoms with E-state index in [1.54, 1.807) is 54.6 Å². The summed E-state index contributed by atoms with van der Waals surface area (Å²) < 4.78 is 48.4. The Hall–Kier alpha value is -3.81. The molecule has 0 aliphatic heterocycles. The lowest BCUT2D eigenvalue weighted by atomic mass is 9.98. The van der Waals surface area contributed by atoms with Gasteiger partial charge in [0, 0.05) is 11.7 Å². The van der Waals surface area contributed by atoms with Crippen molar-refractivity contribution in [3.05, 3.63) is 77.9 Å². The molecule has 0 amide bonds. The van der Waals surface area contributed by atoms with Gasteiger partial charge in [-0.3, -0.25) is 0 Å². The molecule has 0 aliphatic rings. The maximum absolute atomic E-state index is 13.9. The molecule has 3 aromatic carbocycles. The Bertz CT molecular complexity index is 1310. The summed E-state index contributed by atoms with van der Waals surface area (Å²) in [6, 6.07) is 17.7. The number of aromatic nitrogens is 2. The minimum atomic E-state index is -4.54. The molecule has 0 atom stereocenters.